The van der Waals surface area contributed by atoms with Gasteiger partial charge in [-0.1, -0.05) is 0 Å². The molecule has 6 rings (SSSR count). The Morgan fingerprint density at radius 2 is 2.08 bits per heavy atom. The number of nitrogens with one attached hydrogen (secondary N) is 2. The molecule has 2 amide bonds. The third-order valence-electron chi connectivity index (χ3n) is 7.78. The van der Waals surface area contributed by atoms with E-state index in [9.17, 15) is 18.0 Å². The molecule has 37 heavy (non-hydrogen) atoms. The molecule has 1 atom stereocenters. The minimum atomic E-state index is -4.44. The van der Waals surface area contributed by atoms with Crippen molar-refractivity contribution in [3.8, 4) is 11.4 Å². The van der Waals surface area contributed by atoms with E-state index in [1.165, 1.54) is 12.4 Å². The predicted octanol–water partition coefficient (Wildman–Crippen LogP) is 4.16. The quantitative estimate of drug-likeness (QED) is 0.526. The second-order valence-corrected chi connectivity index (χ2v) is 10.2. The number of ether oxygens (including phenoxy) is 1. The molecule has 2 aliphatic heterocycles. The molecule has 1 aliphatic carbocycles. The van der Waals surface area contributed by atoms with Crippen LogP contribution in [0, 0.1) is 0 Å². The Bertz CT molecular complexity index is 1320. The number of aromatic nitrogens is 5. The number of carbonyl (C=O) groups is 1. The number of likely N-dealkylation sites (tertiary alicyclic amines) is 1. The lowest BCUT2D eigenvalue weighted by molar-refractivity contribution is -0.141. The van der Waals surface area contributed by atoms with Crippen LogP contribution in [0.15, 0.2) is 18.5 Å². The second kappa shape index (κ2) is 8.89. The van der Waals surface area contributed by atoms with Gasteiger partial charge in [0.05, 0.1) is 34.6 Å². The van der Waals surface area contributed by atoms with E-state index in [2.05, 4.69) is 25.6 Å². The maximum atomic E-state index is 13.4. The molecule has 3 aliphatic rings. The number of alkyl halides is 3. The zero-order chi connectivity index (χ0) is 25.8. The molecule has 3 fully saturated rings. The molecule has 1 saturated carbocycles. The molecule has 2 saturated heterocycles. The van der Waals surface area contributed by atoms with Crippen LogP contribution >= 0.6 is 0 Å². The average molecular weight is 519 g/mol. The molecule has 1 spiro atoms. The second-order valence-electron chi connectivity index (χ2n) is 10.2. The monoisotopic (exact) mass is 518 g/mol. The van der Waals surface area contributed by atoms with Crippen molar-refractivity contribution in [3.63, 3.8) is 0 Å². The van der Waals surface area contributed by atoms with Gasteiger partial charge in [-0.25, -0.2) is 4.79 Å². The van der Waals surface area contributed by atoms with Gasteiger partial charge in [-0.3, -0.25) is 14.8 Å². The van der Waals surface area contributed by atoms with Crippen molar-refractivity contribution < 1.29 is 22.7 Å². The zero-order valence-corrected chi connectivity index (χ0v) is 20.5. The minimum Gasteiger partial charge on any atom is -0.380 e. The van der Waals surface area contributed by atoms with Gasteiger partial charge in [0.1, 0.15) is 12.2 Å². The summed E-state index contributed by atoms with van der Waals surface area (Å²) in [7, 11) is 1.62. The van der Waals surface area contributed by atoms with Gasteiger partial charge in [-0.2, -0.15) is 23.4 Å². The van der Waals surface area contributed by atoms with E-state index in [0.717, 1.165) is 43.2 Å². The highest BCUT2D eigenvalue weighted by Crippen LogP contribution is 2.48. The minimum absolute atomic E-state index is 0.000827. The number of rotatable bonds is 5. The number of urea groups is 1. The third kappa shape index (κ3) is 4.49. The van der Waals surface area contributed by atoms with E-state index in [0.29, 0.717) is 53.4 Å². The normalized spacial score (nSPS) is 21.2. The number of amides is 2. The maximum Gasteiger partial charge on any atom is 0.408 e. The van der Waals surface area contributed by atoms with E-state index < -0.39 is 12.7 Å². The number of methoxy groups -OCH3 is 1. The van der Waals surface area contributed by atoms with Crippen molar-refractivity contribution in [1.82, 2.24) is 29.9 Å². The van der Waals surface area contributed by atoms with Crippen LogP contribution in [0.25, 0.3) is 22.3 Å². The molecular weight excluding hydrogens is 489 g/mol. The summed E-state index contributed by atoms with van der Waals surface area (Å²) >= 11 is 0. The molecule has 0 bridgehead atoms. The van der Waals surface area contributed by atoms with Gasteiger partial charge in [-0.05, 0) is 44.6 Å². The average Bonchev–Trinajstić information content (AvgIpc) is 3.21. The molecule has 198 valence electrons. The summed E-state index contributed by atoms with van der Waals surface area (Å²) in [5, 5.41) is 14.7. The van der Waals surface area contributed by atoms with E-state index in [1.807, 2.05) is 9.80 Å². The van der Waals surface area contributed by atoms with Gasteiger partial charge in [-0.15, -0.1) is 0 Å². The molecule has 0 aromatic carbocycles. The van der Waals surface area contributed by atoms with Gasteiger partial charge in [0.25, 0.3) is 0 Å². The van der Waals surface area contributed by atoms with E-state index in [4.69, 9.17) is 4.74 Å². The van der Waals surface area contributed by atoms with Gasteiger partial charge in [0.2, 0.25) is 0 Å². The number of hydrogen-bond acceptors (Lipinski definition) is 6. The van der Waals surface area contributed by atoms with Gasteiger partial charge in [0, 0.05) is 38.5 Å². The van der Waals surface area contributed by atoms with Crippen LogP contribution in [-0.2, 0) is 11.3 Å². The van der Waals surface area contributed by atoms with E-state index in [1.54, 1.807) is 13.2 Å². The summed E-state index contributed by atoms with van der Waals surface area (Å²) in [5.41, 5.74) is 1.51. The molecule has 3 aromatic heterocycles. The summed E-state index contributed by atoms with van der Waals surface area (Å²) in [4.78, 5) is 21.5. The smallest absolute Gasteiger partial charge is 0.380 e. The molecular formula is C24H29F3N8O2. The van der Waals surface area contributed by atoms with Gasteiger partial charge >= 0.3 is 12.2 Å². The number of nitrogens with zero attached hydrogens (tertiary/aromatic N) is 6. The standard InChI is InChI=1S/C24H29F3N8O2/c1-37-15-4-9-33(13-15)21-16-11-28-17(10-19(16)35(32-21)14-24(25,26)27)20-18(12-29-31-20)30-22(36)34-8-3-2-5-23(34)6-7-23/h10-12,15H,2-9,13-14H2,1H3,(H,29,31)(H,30,36). The summed E-state index contributed by atoms with van der Waals surface area (Å²) in [6.45, 7) is 0.666. The number of hydrogen-bond donors (Lipinski definition) is 2. The number of anilines is 2. The Kier molecular flexibility index (Phi) is 5.77. The predicted molar refractivity (Wildman–Crippen MR) is 130 cm³/mol. The Labute approximate surface area is 211 Å². The number of piperidine rings is 1. The van der Waals surface area contributed by atoms with Crippen molar-refractivity contribution in [2.75, 3.05) is 37.0 Å². The van der Waals surface area contributed by atoms with Crippen molar-refractivity contribution in [2.24, 2.45) is 0 Å². The highest BCUT2D eigenvalue weighted by molar-refractivity contribution is 5.96. The Morgan fingerprint density at radius 3 is 2.81 bits per heavy atom. The number of H-pyrrole nitrogens is 1. The van der Waals surface area contributed by atoms with Crippen LogP contribution in [0.5, 0.6) is 0 Å². The Hall–Kier alpha value is -3.35. The first kappa shape index (κ1) is 24.0. The highest BCUT2D eigenvalue weighted by Gasteiger charge is 2.51. The fourth-order valence-corrected chi connectivity index (χ4v) is 5.66. The molecule has 3 aromatic rings. The Morgan fingerprint density at radius 1 is 1.24 bits per heavy atom. The summed E-state index contributed by atoms with van der Waals surface area (Å²) in [5.74, 6) is 0.454. The summed E-state index contributed by atoms with van der Waals surface area (Å²) in [6.07, 6.45) is 4.51. The van der Waals surface area contributed by atoms with Crippen LogP contribution < -0.4 is 10.2 Å². The van der Waals surface area contributed by atoms with Gasteiger partial charge in [0.15, 0.2) is 5.82 Å². The SMILES string of the molecule is COC1CCN(c2nn(CC(F)(F)F)c3cc(-c4[nH]ncc4NC(=O)N4CCCCC45CC5)ncc23)C1. The number of aromatic amines is 1. The lowest BCUT2D eigenvalue weighted by Crippen LogP contribution is -2.47. The number of pyridine rings is 1. The first-order chi connectivity index (χ1) is 17.8. The van der Waals surface area contributed by atoms with Crippen LogP contribution in [0.2, 0.25) is 0 Å². The Balaban J connectivity index is 1.32. The molecule has 5 heterocycles. The molecule has 0 radical (unpaired) electrons. The third-order valence-corrected chi connectivity index (χ3v) is 7.78. The fourth-order valence-electron chi connectivity index (χ4n) is 5.66. The maximum absolute atomic E-state index is 13.4. The first-order valence-electron chi connectivity index (χ1n) is 12.6. The van der Waals surface area contributed by atoms with Crippen molar-refractivity contribution in [3.05, 3.63) is 18.5 Å². The topological polar surface area (TPSA) is 104 Å². The van der Waals surface area contributed by atoms with Crippen LogP contribution in [-0.4, -0.2) is 80.5 Å². The largest absolute Gasteiger partial charge is 0.408 e. The zero-order valence-electron chi connectivity index (χ0n) is 20.5. The van der Waals surface area contributed by atoms with Crippen molar-refractivity contribution >= 4 is 28.4 Å². The fraction of sp³-hybridized carbons (Fsp3) is 0.583. The molecule has 2 N–H and O–H groups in total. The lowest BCUT2D eigenvalue weighted by atomic mass is 10.0. The van der Waals surface area contributed by atoms with Crippen molar-refractivity contribution in [1.29, 1.82) is 0 Å². The van der Waals surface area contributed by atoms with Crippen molar-refractivity contribution in [2.45, 2.75) is 62.9 Å². The van der Waals surface area contributed by atoms with Crippen LogP contribution in [0.4, 0.5) is 29.5 Å². The summed E-state index contributed by atoms with van der Waals surface area (Å²) < 4.78 is 46.6. The van der Waals surface area contributed by atoms with Crippen LogP contribution in [0.1, 0.15) is 38.5 Å². The number of carbonyl (C=O) groups excluding carboxylic acids is 1. The molecule has 13 heteroatoms. The van der Waals surface area contributed by atoms with E-state index >= 15 is 0 Å². The lowest BCUT2D eigenvalue weighted by Gasteiger charge is -2.36. The molecule has 10 nitrogen and oxygen atoms in total. The summed E-state index contributed by atoms with van der Waals surface area (Å²) in [6, 6.07) is 1.38. The van der Waals surface area contributed by atoms with E-state index in [-0.39, 0.29) is 17.7 Å². The number of halogens is 3. The molecule has 1 unspecified atom stereocenters. The van der Waals surface area contributed by atoms with Gasteiger partial charge < -0.3 is 19.9 Å². The van der Waals surface area contributed by atoms with Crippen LogP contribution in [0.3, 0.4) is 0 Å². The first-order valence-corrected chi connectivity index (χ1v) is 12.6. The number of fused-ring (bicyclic) bond motifs is 1. The highest BCUT2D eigenvalue weighted by atomic mass is 19.4.